The average Bonchev–Trinajstić information content (AvgIpc) is 3.05. The minimum Gasteiger partial charge on any atom is -0.354 e. The summed E-state index contributed by atoms with van der Waals surface area (Å²) in [5.41, 5.74) is 2.33. The molecule has 138 valence electrons. The number of rotatable bonds is 6. The van der Waals surface area contributed by atoms with Crippen LogP contribution in [0.1, 0.15) is 30.0 Å². The van der Waals surface area contributed by atoms with E-state index in [4.69, 9.17) is 0 Å². The van der Waals surface area contributed by atoms with Crippen LogP contribution in [0.25, 0.3) is 0 Å². The number of aromatic nitrogens is 3. The zero-order chi connectivity index (χ0) is 15.9. The summed E-state index contributed by atoms with van der Waals surface area (Å²) in [6.45, 7) is 2.97. The summed E-state index contributed by atoms with van der Waals surface area (Å²) in [5, 5.41) is 10.7. The Morgan fingerprint density at radius 3 is 2.76 bits per heavy atom. The van der Waals surface area contributed by atoms with Crippen LogP contribution < -0.4 is 10.6 Å². The minimum atomic E-state index is 0. The van der Waals surface area contributed by atoms with Crippen LogP contribution in [-0.4, -0.2) is 40.3 Å². The molecule has 0 bridgehead atoms. The number of pyridine rings is 1. The molecule has 0 aliphatic carbocycles. The van der Waals surface area contributed by atoms with Crippen molar-refractivity contribution in [3.63, 3.8) is 0 Å². The molecule has 25 heavy (non-hydrogen) atoms. The van der Waals surface area contributed by atoms with Gasteiger partial charge >= 0.3 is 0 Å². The van der Waals surface area contributed by atoms with Gasteiger partial charge in [0.2, 0.25) is 5.91 Å². The van der Waals surface area contributed by atoms with Gasteiger partial charge in [-0.15, -0.1) is 24.8 Å². The lowest BCUT2D eigenvalue weighted by atomic mass is 9.96. The average molecular weight is 386 g/mol. The largest absolute Gasteiger partial charge is 0.354 e. The first kappa shape index (κ1) is 21.4. The molecule has 1 fully saturated rings. The van der Waals surface area contributed by atoms with Crippen LogP contribution in [0.15, 0.2) is 36.8 Å². The molecule has 2 aromatic heterocycles. The molecule has 2 aromatic rings. The van der Waals surface area contributed by atoms with Gasteiger partial charge in [0.25, 0.3) is 0 Å². The Bertz CT molecular complexity index is 629. The molecule has 0 saturated carbocycles. The Hall–Kier alpha value is -1.63. The summed E-state index contributed by atoms with van der Waals surface area (Å²) in [4.78, 5) is 16.1. The molecular formula is C17H25Cl2N5O. The standard InChI is InChI=1S/C17H23N5O.2ClH/c23-17(20-10-5-14-3-8-18-9-4-14)13-22-16(6-11-21-22)15-2-1-7-19-12-15;;/h3-4,6,8-9,11,15,19H,1-2,5,7,10,12-13H2,(H,20,23);2*1H. The number of hydrogen-bond donors (Lipinski definition) is 2. The van der Waals surface area contributed by atoms with Crippen molar-refractivity contribution in [3.05, 3.63) is 48.0 Å². The van der Waals surface area contributed by atoms with Gasteiger partial charge in [0.1, 0.15) is 6.54 Å². The van der Waals surface area contributed by atoms with Crippen LogP contribution in [0.3, 0.4) is 0 Å². The Morgan fingerprint density at radius 1 is 1.24 bits per heavy atom. The highest BCUT2D eigenvalue weighted by Crippen LogP contribution is 2.22. The van der Waals surface area contributed by atoms with Crippen LogP contribution >= 0.6 is 24.8 Å². The molecule has 0 radical (unpaired) electrons. The normalized spacial score (nSPS) is 16.4. The number of carbonyl (C=O) groups is 1. The fourth-order valence-electron chi connectivity index (χ4n) is 3.01. The van der Waals surface area contributed by atoms with E-state index >= 15 is 0 Å². The maximum atomic E-state index is 12.1. The van der Waals surface area contributed by atoms with Crippen LogP contribution in [0.2, 0.25) is 0 Å². The first-order chi connectivity index (χ1) is 11.3. The highest BCUT2D eigenvalue weighted by molar-refractivity contribution is 5.85. The molecule has 3 rings (SSSR count). The number of nitrogens with zero attached hydrogens (tertiary/aromatic N) is 3. The minimum absolute atomic E-state index is 0. The molecule has 6 nitrogen and oxygen atoms in total. The molecule has 1 saturated heterocycles. The molecule has 1 amide bonds. The van der Waals surface area contributed by atoms with E-state index < -0.39 is 0 Å². The van der Waals surface area contributed by atoms with Crippen molar-refractivity contribution in [2.75, 3.05) is 19.6 Å². The zero-order valence-electron chi connectivity index (χ0n) is 14.1. The van der Waals surface area contributed by atoms with Crippen molar-refractivity contribution >= 4 is 30.7 Å². The van der Waals surface area contributed by atoms with Gasteiger partial charge in [0.05, 0.1) is 0 Å². The van der Waals surface area contributed by atoms with Crippen molar-refractivity contribution in [3.8, 4) is 0 Å². The van der Waals surface area contributed by atoms with Gasteiger partial charge in [-0.05, 0) is 49.6 Å². The third-order valence-corrected chi connectivity index (χ3v) is 4.24. The summed E-state index contributed by atoms with van der Waals surface area (Å²) in [6, 6.07) is 5.96. The van der Waals surface area contributed by atoms with Crippen LogP contribution in [0.4, 0.5) is 0 Å². The number of halogens is 2. The van der Waals surface area contributed by atoms with Crippen molar-refractivity contribution in [2.24, 2.45) is 0 Å². The quantitative estimate of drug-likeness (QED) is 0.796. The molecule has 3 heterocycles. The van der Waals surface area contributed by atoms with E-state index in [9.17, 15) is 4.79 Å². The smallest absolute Gasteiger partial charge is 0.241 e. The Labute approximate surface area is 160 Å². The van der Waals surface area contributed by atoms with Crippen molar-refractivity contribution in [1.29, 1.82) is 0 Å². The van der Waals surface area contributed by atoms with Gasteiger partial charge in [0.15, 0.2) is 0 Å². The number of amides is 1. The lowest BCUT2D eigenvalue weighted by molar-refractivity contribution is -0.121. The van der Waals surface area contributed by atoms with E-state index in [-0.39, 0.29) is 37.3 Å². The summed E-state index contributed by atoms with van der Waals surface area (Å²) >= 11 is 0. The van der Waals surface area contributed by atoms with E-state index in [1.54, 1.807) is 18.6 Å². The molecule has 1 aliphatic heterocycles. The topological polar surface area (TPSA) is 71.8 Å². The first-order valence-corrected chi connectivity index (χ1v) is 8.21. The molecule has 0 spiro atoms. The number of carbonyl (C=O) groups excluding carboxylic acids is 1. The lowest BCUT2D eigenvalue weighted by Gasteiger charge is -2.23. The number of nitrogens with one attached hydrogen (secondary N) is 2. The predicted octanol–water partition coefficient (Wildman–Crippen LogP) is 1.95. The lowest BCUT2D eigenvalue weighted by Crippen LogP contribution is -2.33. The molecule has 2 N–H and O–H groups in total. The molecule has 1 unspecified atom stereocenters. The SMILES string of the molecule is Cl.Cl.O=C(Cn1nccc1C1CCCNC1)NCCc1ccncc1. The Balaban J connectivity index is 0.00000156. The van der Waals surface area contributed by atoms with Gasteiger partial charge < -0.3 is 10.6 Å². The summed E-state index contributed by atoms with van der Waals surface area (Å²) in [6.07, 6.45) is 8.47. The maximum Gasteiger partial charge on any atom is 0.241 e. The fraction of sp³-hybridized carbons (Fsp3) is 0.471. The van der Waals surface area contributed by atoms with Crippen LogP contribution in [0, 0.1) is 0 Å². The monoisotopic (exact) mass is 385 g/mol. The van der Waals surface area contributed by atoms with E-state index in [0.717, 1.165) is 31.6 Å². The van der Waals surface area contributed by atoms with Gasteiger partial charge in [-0.1, -0.05) is 0 Å². The zero-order valence-corrected chi connectivity index (χ0v) is 15.7. The van der Waals surface area contributed by atoms with E-state index in [1.165, 1.54) is 12.0 Å². The third kappa shape index (κ3) is 6.30. The first-order valence-electron chi connectivity index (χ1n) is 8.21. The van der Waals surface area contributed by atoms with Crippen LogP contribution in [0.5, 0.6) is 0 Å². The fourth-order valence-corrected chi connectivity index (χ4v) is 3.01. The van der Waals surface area contributed by atoms with Gasteiger partial charge in [-0.25, -0.2) is 0 Å². The predicted molar refractivity (Wildman–Crippen MR) is 103 cm³/mol. The van der Waals surface area contributed by atoms with Crippen molar-refractivity contribution in [1.82, 2.24) is 25.4 Å². The van der Waals surface area contributed by atoms with Crippen molar-refractivity contribution in [2.45, 2.75) is 31.7 Å². The molecule has 8 heteroatoms. The summed E-state index contributed by atoms with van der Waals surface area (Å²) < 4.78 is 1.83. The van der Waals surface area contributed by atoms with E-state index in [0.29, 0.717) is 12.5 Å². The molecule has 1 aliphatic rings. The second kappa shape index (κ2) is 11.1. The van der Waals surface area contributed by atoms with Crippen molar-refractivity contribution < 1.29 is 4.79 Å². The number of piperidine rings is 1. The van der Waals surface area contributed by atoms with Gasteiger partial charge in [0, 0.05) is 43.3 Å². The van der Waals surface area contributed by atoms with E-state index in [2.05, 4.69) is 20.7 Å². The second-order valence-corrected chi connectivity index (χ2v) is 5.91. The Morgan fingerprint density at radius 2 is 2.04 bits per heavy atom. The summed E-state index contributed by atoms with van der Waals surface area (Å²) in [5.74, 6) is 0.462. The van der Waals surface area contributed by atoms with Gasteiger partial charge in [-0.3, -0.25) is 14.5 Å². The molecule has 0 aromatic carbocycles. The molecular weight excluding hydrogens is 361 g/mol. The highest BCUT2D eigenvalue weighted by atomic mass is 35.5. The maximum absolute atomic E-state index is 12.1. The van der Waals surface area contributed by atoms with Gasteiger partial charge in [-0.2, -0.15) is 5.10 Å². The highest BCUT2D eigenvalue weighted by Gasteiger charge is 2.19. The van der Waals surface area contributed by atoms with E-state index in [1.807, 2.05) is 22.9 Å². The van der Waals surface area contributed by atoms with Crippen LogP contribution in [-0.2, 0) is 17.8 Å². The summed E-state index contributed by atoms with van der Waals surface area (Å²) in [7, 11) is 0. The third-order valence-electron chi connectivity index (χ3n) is 4.24. The molecule has 1 atom stereocenters. The Kier molecular flexibility index (Phi) is 9.49. The second-order valence-electron chi connectivity index (χ2n) is 5.91. The number of hydrogen-bond acceptors (Lipinski definition) is 4.